The molecule has 136 valence electrons. The van der Waals surface area contributed by atoms with Crippen LogP contribution in [0.15, 0.2) is 109 Å². The molecule has 0 aromatic rings. The Labute approximate surface area is 155 Å². The summed E-state index contributed by atoms with van der Waals surface area (Å²) in [6.07, 6.45) is 11.1. The Morgan fingerprint density at radius 1 is 0.760 bits per heavy atom. The molecule has 0 fully saturated rings. The van der Waals surface area contributed by atoms with E-state index in [1.54, 1.807) is 6.08 Å². The van der Waals surface area contributed by atoms with Crippen molar-refractivity contribution in [3.8, 4) is 0 Å². The van der Waals surface area contributed by atoms with E-state index in [4.69, 9.17) is 5.11 Å². The van der Waals surface area contributed by atoms with Crippen molar-refractivity contribution in [3.63, 3.8) is 0 Å². The molecule has 0 spiro atoms. The van der Waals surface area contributed by atoms with Crippen molar-refractivity contribution in [3.05, 3.63) is 109 Å². The van der Waals surface area contributed by atoms with Gasteiger partial charge in [-0.15, -0.1) is 0 Å². The molecule has 0 unspecified atom stereocenters. The van der Waals surface area contributed by atoms with Crippen LogP contribution < -0.4 is 0 Å². The molecular formula is C24H34O. The summed E-state index contributed by atoms with van der Waals surface area (Å²) in [5, 5.41) is 9.06. The Kier molecular flexibility index (Phi) is 13.7. The Bertz CT molecular complexity index is 618. The topological polar surface area (TPSA) is 20.2 Å². The molecule has 25 heavy (non-hydrogen) atoms. The van der Waals surface area contributed by atoms with Crippen LogP contribution in [0.1, 0.15) is 40.5 Å². The van der Waals surface area contributed by atoms with Gasteiger partial charge in [-0.25, -0.2) is 0 Å². The molecular weight excluding hydrogens is 304 g/mol. The summed E-state index contributed by atoms with van der Waals surface area (Å²) < 4.78 is 0. The largest absolute Gasteiger partial charge is 0.509 e. The molecule has 0 aliphatic carbocycles. The fourth-order valence-corrected chi connectivity index (χ4v) is 1.44. The van der Waals surface area contributed by atoms with Crippen LogP contribution in [0, 0.1) is 0 Å². The summed E-state index contributed by atoms with van der Waals surface area (Å²) in [5.41, 5.74) is 5.09. The van der Waals surface area contributed by atoms with Crippen molar-refractivity contribution >= 4 is 0 Å². The maximum Gasteiger partial charge on any atom is 0.108 e. The first-order valence-corrected chi connectivity index (χ1v) is 8.47. The highest BCUT2D eigenvalue weighted by Crippen LogP contribution is 2.21. The van der Waals surface area contributed by atoms with E-state index < -0.39 is 0 Å². The Hall–Kier alpha value is -2.54. The van der Waals surface area contributed by atoms with Gasteiger partial charge in [0.1, 0.15) is 5.76 Å². The molecule has 1 heteroatoms. The quantitative estimate of drug-likeness (QED) is 0.337. The second-order valence-corrected chi connectivity index (χ2v) is 5.76. The fourth-order valence-electron chi connectivity index (χ4n) is 1.44. The van der Waals surface area contributed by atoms with E-state index in [0.29, 0.717) is 5.57 Å². The molecule has 0 saturated heterocycles. The third-order valence-corrected chi connectivity index (χ3v) is 3.12. The molecule has 0 saturated carbocycles. The van der Waals surface area contributed by atoms with E-state index in [1.165, 1.54) is 12.5 Å². The van der Waals surface area contributed by atoms with Crippen LogP contribution >= 0.6 is 0 Å². The van der Waals surface area contributed by atoms with Gasteiger partial charge >= 0.3 is 0 Å². The summed E-state index contributed by atoms with van der Waals surface area (Å²) in [6.45, 7) is 31.5. The van der Waals surface area contributed by atoms with Crippen LogP contribution in [-0.2, 0) is 0 Å². The predicted molar refractivity (Wildman–Crippen MR) is 116 cm³/mol. The summed E-state index contributed by atoms with van der Waals surface area (Å²) in [5.74, 6) is -0.0188. The van der Waals surface area contributed by atoms with Gasteiger partial charge in [0.25, 0.3) is 0 Å². The zero-order valence-electron chi connectivity index (χ0n) is 16.5. The van der Waals surface area contributed by atoms with Gasteiger partial charge in [-0.2, -0.15) is 0 Å². The zero-order valence-corrected chi connectivity index (χ0v) is 16.5. The maximum absolute atomic E-state index is 9.06. The predicted octanol–water partition coefficient (Wildman–Crippen LogP) is 7.72. The number of hydrogen-bond acceptors (Lipinski definition) is 1. The fraction of sp³-hybridized carbons (Fsp3) is 0.250. The van der Waals surface area contributed by atoms with Crippen LogP contribution in [0.4, 0.5) is 0 Å². The number of rotatable bonds is 9. The van der Waals surface area contributed by atoms with Crippen molar-refractivity contribution in [2.24, 2.45) is 0 Å². The molecule has 0 bridgehead atoms. The van der Waals surface area contributed by atoms with E-state index in [2.05, 4.69) is 60.2 Å². The lowest BCUT2D eigenvalue weighted by Gasteiger charge is -2.08. The highest BCUT2D eigenvalue weighted by molar-refractivity contribution is 5.53. The van der Waals surface area contributed by atoms with Gasteiger partial charge in [0.15, 0.2) is 0 Å². The summed E-state index contributed by atoms with van der Waals surface area (Å²) in [7, 11) is 0. The summed E-state index contributed by atoms with van der Waals surface area (Å²) in [4.78, 5) is 0. The highest BCUT2D eigenvalue weighted by atomic mass is 16.3. The Morgan fingerprint density at radius 2 is 1.24 bits per heavy atom. The smallest absolute Gasteiger partial charge is 0.108 e. The molecule has 0 aliphatic heterocycles. The molecule has 0 radical (unpaired) electrons. The first-order chi connectivity index (χ1) is 11.6. The van der Waals surface area contributed by atoms with E-state index in [0.717, 1.165) is 34.3 Å². The number of aliphatic hydroxyl groups excluding tert-OH is 1. The third kappa shape index (κ3) is 12.5. The molecule has 0 aromatic carbocycles. The lowest BCUT2D eigenvalue weighted by Crippen LogP contribution is -1.89. The van der Waals surface area contributed by atoms with Crippen molar-refractivity contribution in [1.82, 2.24) is 0 Å². The standard InChI is InChI=1S/C21H26O.C3H8/c1-9-15(2)10-11-16(3)18(5)14-19(6)21(8)17(4)12-13-20(7)22;1-3-2/h10-14,22H,2-5,7-9H2,1,6H3;3H2,1-2H3/b11-10-,13-12-,19-14-;. The minimum atomic E-state index is -0.0188. The van der Waals surface area contributed by atoms with E-state index in [9.17, 15) is 0 Å². The maximum atomic E-state index is 9.06. The van der Waals surface area contributed by atoms with E-state index in [1.807, 2.05) is 25.2 Å². The molecule has 0 aromatic heterocycles. The lowest BCUT2D eigenvalue weighted by molar-refractivity contribution is 0.435. The van der Waals surface area contributed by atoms with Crippen molar-refractivity contribution < 1.29 is 5.11 Å². The molecule has 1 nitrogen and oxygen atoms in total. The lowest BCUT2D eigenvalue weighted by atomic mass is 9.97. The van der Waals surface area contributed by atoms with Crippen LogP contribution in [0.2, 0.25) is 0 Å². The monoisotopic (exact) mass is 338 g/mol. The summed E-state index contributed by atoms with van der Waals surface area (Å²) in [6, 6.07) is 0. The van der Waals surface area contributed by atoms with Crippen molar-refractivity contribution in [2.75, 3.05) is 0 Å². The van der Waals surface area contributed by atoms with Gasteiger partial charge in [0.05, 0.1) is 0 Å². The van der Waals surface area contributed by atoms with E-state index >= 15 is 0 Å². The van der Waals surface area contributed by atoms with Gasteiger partial charge in [-0.1, -0.05) is 96.5 Å². The first-order valence-electron chi connectivity index (χ1n) is 8.47. The van der Waals surface area contributed by atoms with Crippen LogP contribution in [0.3, 0.4) is 0 Å². The van der Waals surface area contributed by atoms with Gasteiger partial charge in [0.2, 0.25) is 0 Å². The number of hydrogen-bond donors (Lipinski definition) is 1. The molecule has 0 rings (SSSR count). The average molecular weight is 339 g/mol. The van der Waals surface area contributed by atoms with Crippen LogP contribution in [0.25, 0.3) is 0 Å². The molecule has 0 heterocycles. The van der Waals surface area contributed by atoms with Gasteiger partial charge < -0.3 is 5.11 Å². The molecule has 1 N–H and O–H groups in total. The van der Waals surface area contributed by atoms with Crippen LogP contribution in [0.5, 0.6) is 0 Å². The number of allylic oxidation sites excluding steroid dienone is 11. The Balaban J connectivity index is 0. The van der Waals surface area contributed by atoms with Gasteiger partial charge in [0, 0.05) is 0 Å². The second kappa shape index (κ2) is 13.9. The highest BCUT2D eigenvalue weighted by Gasteiger charge is 2.02. The second-order valence-electron chi connectivity index (χ2n) is 5.76. The average Bonchev–Trinajstić information content (AvgIpc) is 2.56. The molecule has 0 amide bonds. The summed E-state index contributed by atoms with van der Waals surface area (Å²) >= 11 is 0. The van der Waals surface area contributed by atoms with Crippen molar-refractivity contribution in [1.29, 1.82) is 0 Å². The number of aliphatic hydroxyl groups is 1. The SMILES string of the molecule is C=C(O)/C=C\C(=C)C(=C)/C(C)=C\C(=C)C(=C)/C=C\C(=C)CC.CCC. The third-order valence-electron chi connectivity index (χ3n) is 3.12. The minimum absolute atomic E-state index is 0.0188. The van der Waals surface area contributed by atoms with Crippen LogP contribution in [-0.4, -0.2) is 5.11 Å². The van der Waals surface area contributed by atoms with E-state index in [-0.39, 0.29) is 5.76 Å². The molecule has 0 atom stereocenters. The first kappa shape index (κ1) is 24.7. The normalized spacial score (nSPS) is 11.0. The minimum Gasteiger partial charge on any atom is -0.509 e. The van der Waals surface area contributed by atoms with Crippen molar-refractivity contribution in [2.45, 2.75) is 40.5 Å². The zero-order chi connectivity index (χ0) is 20.0. The van der Waals surface area contributed by atoms with Gasteiger partial charge in [-0.05, 0) is 47.3 Å². The molecule has 0 aliphatic rings. The Morgan fingerprint density at radius 3 is 1.68 bits per heavy atom. The van der Waals surface area contributed by atoms with Gasteiger partial charge in [-0.3, -0.25) is 0 Å².